The average Bonchev–Trinajstić information content (AvgIpc) is 2.67. The maximum atomic E-state index is 11.7. The normalized spacial score (nSPS) is 19.4. The highest BCUT2D eigenvalue weighted by Crippen LogP contribution is 2.46. The van der Waals surface area contributed by atoms with E-state index >= 15 is 0 Å². The molecule has 1 aromatic rings. The number of morpholine rings is 1. The Morgan fingerprint density at radius 3 is 2.80 bits per heavy atom. The Hall–Kier alpha value is -1.27. The van der Waals surface area contributed by atoms with Crippen molar-refractivity contribution in [2.24, 2.45) is 0 Å². The number of ether oxygens (including phenoxy) is 2. The third-order valence-electron chi connectivity index (χ3n) is 3.08. The summed E-state index contributed by atoms with van der Waals surface area (Å²) in [5.41, 5.74) is 6.56. The summed E-state index contributed by atoms with van der Waals surface area (Å²) in [5.74, 6) is 0.623. The van der Waals surface area contributed by atoms with Gasteiger partial charge in [-0.25, -0.2) is 0 Å². The fourth-order valence-electron chi connectivity index (χ4n) is 2.24. The van der Waals surface area contributed by atoms with Crippen molar-refractivity contribution >= 4 is 27.8 Å². The summed E-state index contributed by atoms with van der Waals surface area (Å²) in [7, 11) is 0. The molecule has 0 aliphatic carbocycles. The number of nitrogens with two attached hydrogens (primary N) is 1. The smallest absolute Gasteiger partial charge is 0.177 e. The molecule has 2 rings (SSSR count). The number of hydrogen-bond acceptors (Lipinski definition) is 6. The highest BCUT2D eigenvalue weighted by Gasteiger charge is 2.27. The number of nitrogens with zero attached hydrogens (tertiary/aromatic N) is 1. The van der Waals surface area contributed by atoms with Gasteiger partial charge in [0.15, 0.2) is 11.5 Å². The summed E-state index contributed by atoms with van der Waals surface area (Å²) in [6.45, 7) is 9.73. The first-order valence-corrected chi connectivity index (χ1v) is 7.68. The van der Waals surface area contributed by atoms with Crippen molar-refractivity contribution in [2.45, 2.75) is 39.9 Å². The molecule has 1 aliphatic heterocycles. The molecule has 1 aliphatic rings. The Bertz CT molecular complexity index is 499. The van der Waals surface area contributed by atoms with E-state index in [2.05, 4.69) is 4.90 Å². The van der Waals surface area contributed by atoms with Gasteiger partial charge in [-0.1, -0.05) is 0 Å². The van der Waals surface area contributed by atoms with Gasteiger partial charge in [0.1, 0.15) is 5.00 Å². The molecule has 1 saturated heterocycles. The minimum absolute atomic E-state index is 0.0175. The third kappa shape index (κ3) is 3.07. The zero-order valence-corrected chi connectivity index (χ0v) is 13.3. The molecule has 0 radical (unpaired) electrons. The predicted octanol–water partition coefficient (Wildman–Crippen LogP) is 2.55. The average molecular weight is 298 g/mol. The van der Waals surface area contributed by atoms with Gasteiger partial charge in [-0.05, 0) is 20.8 Å². The molecule has 1 unspecified atom stereocenters. The first-order valence-electron chi connectivity index (χ1n) is 6.86. The van der Waals surface area contributed by atoms with E-state index in [1.54, 1.807) is 0 Å². The van der Waals surface area contributed by atoms with Crippen molar-refractivity contribution in [3.8, 4) is 5.75 Å². The molecule has 1 atom stereocenters. The van der Waals surface area contributed by atoms with E-state index in [4.69, 9.17) is 15.2 Å². The number of ketones is 1. The van der Waals surface area contributed by atoms with Gasteiger partial charge in [0, 0.05) is 20.0 Å². The Kier molecular flexibility index (Phi) is 4.55. The molecule has 5 nitrogen and oxygen atoms in total. The van der Waals surface area contributed by atoms with Crippen LogP contribution in [0.2, 0.25) is 0 Å². The van der Waals surface area contributed by atoms with Crippen LogP contribution in [-0.2, 0) is 4.74 Å². The van der Waals surface area contributed by atoms with Crippen LogP contribution in [0.25, 0.3) is 0 Å². The summed E-state index contributed by atoms with van der Waals surface area (Å²) in [4.78, 5) is 14.5. The first kappa shape index (κ1) is 15.1. The zero-order valence-electron chi connectivity index (χ0n) is 12.4. The second kappa shape index (κ2) is 6.01. The van der Waals surface area contributed by atoms with E-state index < -0.39 is 0 Å². The van der Waals surface area contributed by atoms with Crippen LogP contribution in [0.4, 0.5) is 10.7 Å². The summed E-state index contributed by atoms with van der Waals surface area (Å²) < 4.78 is 11.4. The molecular formula is C14H22N2O3S. The SMILES string of the molecule is CC(=O)c1sc(N2CCOC(C)C2)c(OC(C)C)c1N. The van der Waals surface area contributed by atoms with Gasteiger partial charge in [-0.15, -0.1) is 11.3 Å². The van der Waals surface area contributed by atoms with Crippen LogP contribution in [0.5, 0.6) is 5.75 Å². The number of hydrogen-bond donors (Lipinski definition) is 1. The molecule has 2 heterocycles. The van der Waals surface area contributed by atoms with Gasteiger partial charge in [-0.2, -0.15) is 0 Å². The highest BCUT2D eigenvalue weighted by molar-refractivity contribution is 7.19. The van der Waals surface area contributed by atoms with E-state index in [0.717, 1.165) is 18.1 Å². The second-order valence-electron chi connectivity index (χ2n) is 5.33. The van der Waals surface area contributed by atoms with E-state index in [9.17, 15) is 4.79 Å². The number of rotatable bonds is 4. The van der Waals surface area contributed by atoms with Crippen molar-refractivity contribution in [2.75, 3.05) is 30.3 Å². The summed E-state index contributed by atoms with van der Waals surface area (Å²) in [5, 5.41) is 0.941. The third-order valence-corrected chi connectivity index (χ3v) is 4.43. The fourth-order valence-corrected chi connectivity index (χ4v) is 3.32. The van der Waals surface area contributed by atoms with Crippen LogP contribution in [0.1, 0.15) is 37.4 Å². The molecule has 112 valence electrons. The fraction of sp³-hybridized carbons (Fsp3) is 0.643. The monoisotopic (exact) mass is 298 g/mol. The first-order chi connectivity index (χ1) is 9.40. The van der Waals surface area contributed by atoms with Gasteiger partial charge >= 0.3 is 0 Å². The molecule has 0 aromatic carbocycles. The number of carbonyl (C=O) groups excluding carboxylic acids is 1. The maximum absolute atomic E-state index is 11.7. The minimum atomic E-state index is -0.0198. The van der Waals surface area contributed by atoms with Crippen molar-refractivity contribution in [1.29, 1.82) is 0 Å². The Morgan fingerprint density at radius 2 is 2.25 bits per heavy atom. The molecule has 0 saturated carbocycles. The number of thiophene rings is 1. The molecule has 0 spiro atoms. The topological polar surface area (TPSA) is 64.8 Å². The Balaban J connectivity index is 2.39. The van der Waals surface area contributed by atoms with Gasteiger partial charge < -0.3 is 20.1 Å². The van der Waals surface area contributed by atoms with E-state index in [0.29, 0.717) is 22.9 Å². The zero-order chi connectivity index (χ0) is 14.9. The molecule has 1 aromatic heterocycles. The molecule has 6 heteroatoms. The second-order valence-corrected chi connectivity index (χ2v) is 6.33. The van der Waals surface area contributed by atoms with Crippen molar-refractivity contribution in [3.05, 3.63) is 4.88 Å². The maximum Gasteiger partial charge on any atom is 0.177 e. The van der Waals surface area contributed by atoms with Crippen LogP contribution >= 0.6 is 11.3 Å². The number of carbonyl (C=O) groups is 1. The largest absolute Gasteiger partial charge is 0.486 e. The van der Waals surface area contributed by atoms with Crippen molar-refractivity contribution in [1.82, 2.24) is 0 Å². The minimum Gasteiger partial charge on any atom is -0.486 e. The molecule has 1 fully saturated rings. The lowest BCUT2D eigenvalue weighted by molar-refractivity contribution is 0.0532. The van der Waals surface area contributed by atoms with E-state index in [1.807, 2.05) is 20.8 Å². The number of anilines is 2. The molecule has 0 amide bonds. The molecule has 20 heavy (non-hydrogen) atoms. The highest BCUT2D eigenvalue weighted by atomic mass is 32.1. The molecular weight excluding hydrogens is 276 g/mol. The lowest BCUT2D eigenvalue weighted by Gasteiger charge is -2.32. The predicted molar refractivity (Wildman–Crippen MR) is 82.1 cm³/mol. The quantitative estimate of drug-likeness (QED) is 0.865. The van der Waals surface area contributed by atoms with Crippen LogP contribution < -0.4 is 15.4 Å². The standard InChI is InChI=1S/C14H22N2O3S/c1-8(2)19-12-11(15)13(10(4)17)20-14(12)16-5-6-18-9(3)7-16/h8-9H,5-7,15H2,1-4H3. The van der Waals surface area contributed by atoms with Crippen LogP contribution in [-0.4, -0.2) is 37.7 Å². The number of Topliss-reactive ketones (excluding diaryl/α,β-unsaturated/α-hetero) is 1. The number of nitrogen functional groups attached to an aromatic ring is 1. The Morgan fingerprint density at radius 1 is 1.55 bits per heavy atom. The summed E-state index contributed by atoms with van der Waals surface area (Å²) >= 11 is 1.42. The van der Waals surface area contributed by atoms with E-state index in [-0.39, 0.29) is 18.0 Å². The summed E-state index contributed by atoms with van der Waals surface area (Å²) in [6, 6.07) is 0. The molecule has 0 bridgehead atoms. The van der Waals surface area contributed by atoms with Crippen LogP contribution in [0.15, 0.2) is 0 Å². The van der Waals surface area contributed by atoms with Crippen molar-refractivity contribution < 1.29 is 14.3 Å². The van der Waals surface area contributed by atoms with Gasteiger partial charge in [0.2, 0.25) is 0 Å². The lowest BCUT2D eigenvalue weighted by atomic mass is 10.2. The Labute approximate surface area is 123 Å². The van der Waals surface area contributed by atoms with Gasteiger partial charge in [-0.3, -0.25) is 4.79 Å². The van der Waals surface area contributed by atoms with Crippen LogP contribution in [0, 0.1) is 0 Å². The summed E-state index contributed by atoms with van der Waals surface area (Å²) in [6.07, 6.45) is 0.184. The lowest BCUT2D eigenvalue weighted by Crippen LogP contribution is -2.40. The van der Waals surface area contributed by atoms with Crippen molar-refractivity contribution in [3.63, 3.8) is 0 Å². The molecule has 2 N–H and O–H groups in total. The van der Waals surface area contributed by atoms with Crippen LogP contribution in [0.3, 0.4) is 0 Å². The van der Waals surface area contributed by atoms with Gasteiger partial charge in [0.05, 0.1) is 29.4 Å². The van der Waals surface area contributed by atoms with Gasteiger partial charge in [0.25, 0.3) is 0 Å². The van der Waals surface area contributed by atoms with E-state index in [1.165, 1.54) is 18.3 Å².